The third-order valence-electron chi connectivity index (χ3n) is 5.18. The zero-order valence-electron chi connectivity index (χ0n) is 14.5. The number of carbonyl (C=O) groups excluding carboxylic acids is 2. The van der Waals surface area contributed by atoms with Gasteiger partial charge in [0, 0.05) is 32.6 Å². The lowest BCUT2D eigenvalue weighted by molar-refractivity contribution is -0.134. The molecule has 5 nitrogen and oxygen atoms in total. The van der Waals surface area contributed by atoms with E-state index in [1.54, 1.807) is 12.1 Å². The van der Waals surface area contributed by atoms with Crippen molar-refractivity contribution in [3.63, 3.8) is 0 Å². The molecule has 0 unspecified atom stereocenters. The number of benzene rings is 1. The second-order valence-corrected chi connectivity index (χ2v) is 7.45. The first-order chi connectivity index (χ1) is 12.1. The van der Waals surface area contributed by atoms with Crippen LogP contribution >= 0.6 is 11.6 Å². The first-order valence-electron chi connectivity index (χ1n) is 9.16. The number of hydrogen-bond acceptors (Lipinski definition) is 3. The zero-order valence-corrected chi connectivity index (χ0v) is 15.3. The number of nitrogens with zero attached hydrogens (tertiary/aromatic N) is 2. The molecule has 0 radical (unpaired) electrons. The van der Waals surface area contributed by atoms with Gasteiger partial charge in [-0.2, -0.15) is 0 Å². The molecule has 2 aliphatic rings. The Morgan fingerprint density at radius 3 is 2.44 bits per heavy atom. The lowest BCUT2D eigenvalue weighted by Crippen LogP contribution is -2.50. The fourth-order valence-corrected chi connectivity index (χ4v) is 3.88. The molecule has 25 heavy (non-hydrogen) atoms. The Labute approximate surface area is 154 Å². The van der Waals surface area contributed by atoms with Crippen LogP contribution in [0.5, 0.6) is 0 Å². The summed E-state index contributed by atoms with van der Waals surface area (Å²) in [4.78, 5) is 28.6. The SMILES string of the molecule is O=C(CN1CCN(C(=O)CC2CCCC2)CC1)Nc1ccccc1Cl. The van der Waals surface area contributed by atoms with E-state index in [4.69, 9.17) is 11.6 Å². The smallest absolute Gasteiger partial charge is 0.238 e. The van der Waals surface area contributed by atoms with Crippen molar-refractivity contribution in [1.82, 2.24) is 9.80 Å². The summed E-state index contributed by atoms with van der Waals surface area (Å²) in [7, 11) is 0. The summed E-state index contributed by atoms with van der Waals surface area (Å²) in [6.07, 6.45) is 5.65. The minimum Gasteiger partial charge on any atom is -0.340 e. The summed E-state index contributed by atoms with van der Waals surface area (Å²) in [5, 5.41) is 3.39. The van der Waals surface area contributed by atoms with Crippen molar-refractivity contribution in [2.45, 2.75) is 32.1 Å². The Bertz CT molecular complexity index is 608. The normalized spacial score (nSPS) is 19.2. The van der Waals surface area contributed by atoms with Crippen LogP contribution in [-0.2, 0) is 9.59 Å². The van der Waals surface area contributed by atoms with Gasteiger partial charge in [0.25, 0.3) is 0 Å². The summed E-state index contributed by atoms with van der Waals surface area (Å²) in [5.41, 5.74) is 0.638. The molecule has 0 spiro atoms. The van der Waals surface area contributed by atoms with Gasteiger partial charge in [0.15, 0.2) is 0 Å². The summed E-state index contributed by atoms with van der Waals surface area (Å²) in [6, 6.07) is 7.22. The average Bonchev–Trinajstić information content (AvgIpc) is 3.10. The lowest BCUT2D eigenvalue weighted by Gasteiger charge is -2.34. The number of hydrogen-bond donors (Lipinski definition) is 1. The number of anilines is 1. The van der Waals surface area contributed by atoms with Crippen LogP contribution in [0, 0.1) is 5.92 Å². The number of piperazine rings is 1. The molecule has 1 saturated carbocycles. The van der Waals surface area contributed by atoms with Crippen molar-refractivity contribution < 1.29 is 9.59 Å². The summed E-state index contributed by atoms with van der Waals surface area (Å²) in [5.74, 6) is 0.804. The highest BCUT2D eigenvalue weighted by Gasteiger charge is 2.25. The van der Waals surface area contributed by atoms with Crippen molar-refractivity contribution in [3.05, 3.63) is 29.3 Å². The van der Waals surface area contributed by atoms with Crippen LogP contribution < -0.4 is 5.32 Å². The van der Waals surface area contributed by atoms with Crippen molar-refractivity contribution in [1.29, 1.82) is 0 Å². The first kappa shape index (κ1) is 18.2. The summed E-state index contributed by atoms with van der Waals surface area (Å²) in [6.45, 7) is 3.24. The minimum atomic E-state index is -0.0705. The Kier molecular flexibility index (Phi) is 6.32. The van der Waals surface area contributed by atoms with E-state index in [-0.39, 0.29) is 11.8 Å². The van der Waals surface area contributed by atoms with Crippen LogP contribution in [0.1, 0.15) is 32.1 Å². The number of rotatable bonds is 5. The molecule has 0 bridgehead atoms. The first-order valence-corrected chi connectivity index (χ1v) is 9.54. The largest absolute Gasteiger partial charge is 0.340 e. The Hall–Kier alpha value is -1.59. The zero-order chi connectivity index (χ0) is 17.6. The van der Waals surface area contributed by atoms with Gasteiger partial charge < -0.3 is 10.2 Å². The monoisotopic (exact) mass is 363 g/mol. The van der Waals surface area contributed by atoms with Gasteiger partial charge in [0.05, 0.1) is 17.3 Å². The highest BCUT2D eigenvalue weighted by molar-refractivity contribution is 6.33. The predicted octanol–water partition coefficient (Wildman–Crippen LogP) is 3.00. The van der Waals surface area contributed by atoms with E-state index in [1.807, 2.05) is 17.0 Å². The van der Waals surface area contributed by atoms with Crippen molar-refractivity contribution in [3.8, 4) is 0 Å². The van der Waals surface area contributed by atoms with Gasteiger partial charge in [0.1, 0.15) is 0 Å². The van der Waals surface area contributed by atoms with Crippen LogP contribution in [0.2, 0.25) is 5.02 Å². The molecule has 1 aliphatic carbocycles. The van der Waals surface area contributed by atoms with Crippen LogP contribution in [0.25, 0.3) is 0 Å². The minimum absolute atomic E-state index is 0.0705. The van der Waals surface area contributed by atoms with E-state index in [0.29, 0.717) is 42.7 Å². The van der Waals surface area contributed by atoms with Crippen LogP contribution in [0.4, 0.5) is 5.69 Å². The highest BCUT2D eigenvalue weighted by Crippen LogP contribution is 2.28. The van der Waals surface area contributed by atoms with Gasteiger partial charge >= 0.3 is 0 Å². The number of carbonyl (C=O) groups is 2. The van der Waals surface area contributed by atoms with E-state index in [2.05, 4.69) is 10.2 Å². The second-order valence-electron chi connectivity index (χ2n) is 7.04. The molecular weight excluding hydrogens is 338 g/mol. The van der Waals surface area contributed by atoms with Gasteiger partial charge in [-0.1, -0.05) is 36.6 Å². The molecule has 0 atom stereocenters. The molecule has 136 valence electrons. The fraction of sp³-hybridized carbons (Fsp3) is 0.579. The van der Waals surface area contributed by atoms with Crippen molar-refractivity contribution in [2.75, 3.05) is 38.0 Å². The number of amides is 2. The molecule has 6 heteroatoms. The standard InChI is InChI=1S/C19H26ClN3O2/c20-16-7-3-4-8-17(16)21-18(24)14-22-9-11-23(12-10-22)19(25)13-15-5-1-2-6-15/h3-4,7-8,15H,1-2,5-6,9-14H2,(H,21,24). The van der Waals surface area contributed by atoms with Crippen LogP contribution in [0.15, 0.2) is 24.3 Å². The highest BCUT2D eigenvalue weighted by atomic mass is 35.5. The maximum absolute atomic E-state index is 12.4. The van der Waals surface area contributed by atoms with Crippen molar-refractivity contribution in [2.24, 2.45) is 5.92 Å². The molecule has 1 saturated heterocycles. The van der Waals surface area contributed by atoms with Gasteiger partial charge in [-0.15, -0.1) is 0 Å². The fourth-order valence-electron chi connectivity index (χ4n) is 3.70. The molecule has 1 N–H and O–H groups in total. The van der Waals surface area contributed by atoms with E-state index >= 15 is 0 Å². The maximum atomic E-state index is 12.4. The molecule has 0 aromatic heterocycles. The van der Waals surface area contributed by atoms with E-state index in [9.17, 15) is 9.59 Å². The van der Waals surface area contributed by atoms with Gasteiger partial charge in [0.2, 0.25) is 11.8 Å². The van der Waals surface area contributed by atoms with E-state index < -0.39 is 0 Å². The van der Waals surface area contributed by atoms with Gasteiger partial charge in [-0.3, -0.25) is 14.5 Å². The van der Waals surface area contributed by atoms with Gasteiger partial charge in [-0.05, 0) is 30.9 Å². The average molecular weight is 364 g/mol. The summed E-state index contributed by atoms with van der Waals surface area (Å²) >= 11 is 6.06. The summed E-state index contributed by atoms with van der Waals surface area (Å²) < 4.78 is 0. The maximum Gasteiger partial charge on any atom is 0.238 e. The Morgan fingerprint density at radius 1 is 1.08 bits per heavy atom. The molecule has 1 heterocycles. The van der Waals surface area contributed by atoms with Crippen LogP contribution in [0.3, 0.4) is 0 Å². The Balaban J connectivity index is 1.40. The predicted molar refractivity (Wildman–Crippen MR) is 99.7 cm³/mol. The molecule has 3 rings (SSSR count). The van der Waals surface area contributed by atoms with E-state index in [0.717, 1.165) is 13.1 Å². The number of nitrogens with one attached hydrogen (secondary N) is 1. The topological polar surface area (TPSA) is 52.7 Å². The van der Waals surface area contributed by atoms with E-state index in [1.165, 1.54) is 25.7 Å². The molecule has 1 aliphatic heterocycles. The van der Waals surface area contributed by atoms with Crippen molar-refractivity contribution >= 4 is 29.1 Å². The van der Waals surface area contributed by atoms with Gasteiger partial charge in [-0.25, -0.2) is 0 Å². The second kappa shape index (κ2) is 8.68. The quantitative estimate of drug-likeness (QED) is 0.874. The third-order valence-corrected chi connectivity index (χ3v) is 5.51. The molecule has 1 aromatic carbocycles. The molecule has 2 amide bonds. The molecule has 2 fully saturated rings. The molecule has 1 aromatic rings. The molecular formula is C19H26ClN3O2. The third kappa shape index (κ3) is 5.19. The number of para-hydroxylation sites is 1. The Morgan fingerprint density at radius 2 is 1.76 bits per heavy atom. The number of halogens is 1. The van der Waals surface area contributed by atoms with Crippen LogP contribution in [-0.4, -0.2) is 54.3 Å². The lowest BCUT2D eigenvalue weighted by atomic mass is 10.0.